The summed E-state index contributed by atoms with van der Waals surface area (Å²) in [7, 11) is 0. The molecule has 1 N–H and O–H groups in total. The van der Waals surface area contributed by atoms with Crippen molar-refractivity contribution in [3.8, 4) is 0 Å². The number of hydrogen-bond acceptors (Lipinski definition) is 3. The molecule has 4 unspecified atom stereocenters. The van der Waals surface area contributed by atoms with Gasteiger partial charge in [-0.3, -0.25) is 4.79 Å². The number of ether oxygens (including phenoxy) is 1. The van der Waals surface area contributed by atoms with E-state index in [4.69, 9.17) is 4.74 Å². The number of carbonyl (C=O) groups is 1. The lowest BCUT2D eigenvalue weighted by molar-refractivity contribution is -0.122. The van der Waals surface area contributed by atoms with Gasteiger partial charge in [-0.2, -0.15) is 0 Å². The van der Waals surface area contributed by atoms with Crippen molar-refractivity contribution in [1.82, 2.24) is 5.32 Å². The summed E-state index contributed by atoms with van der Waals surface area (Å²) >= 11 is 0. The predicted octanol–water partition coefficient (Wildman–Crippen LogP) is 3.22. The molecule has 3 nitrogen and oxygen atoms in total. The van der Waals surface area contributed by atoms with Crippen LogP contribution in [0.15, 0.2) is 0 Å². The molecule has 3 rings (SSSR count). The van der Waals surface area contributed by atoms with Gasteiger partial charge in [0.25, 0.3) is 0 Å². The number of carbonyl (C=O) groups excluding carboxylic acids is 1. The van der Waals surface area contributed by atoms with Crippen molar-refractivity contribution < 1.29 is 9.53 Å². The molecular formula is C17H29NO2. The van der Waals surface area contributed by atoms with Crippen LogP contribution in [0, 0.1) is 5.92 Å². The molecule has 0 radical (unpaired) electrons. The van der Waals surface area contributed by atoms with Crippen LogP contribution in [0.2, 0.25) is 0 Å². The molecule has 0 aromatic rings. The van der Waals surface area contributed by atoms with Gasteiger partial charge in [0, 0.05) is 19.1 Å². The van der Waals surface area contributed by atoms with Crippen molar-refractivity contribution >= 4 is 5.78 Å². The first kappa shape index (κ1) is 14.5. The summed E-state index contributed by atoms with van der Waals surface area (Å²) in [6, 6.07) is 0.781. The Hall–Kier alpha value is -0.410. The molecule has 3 heteroatoms. The lowest BCUT2D eigenvalue weighted by Crippen LogP contribution is -2.52. The number of piperidine rings is 1. The maximum absolute atomic E-state index is 12.3. The Morgan fingerprint density at radius 3 is 2.80 bits per heavy atom. The van der Waals surface area contributed by atoms with Crippen molar-refractivity contribution in [3.63, 3.8) is 0 Å². The Morgan fingerprint density at radius 1 is 1.05 bits per heavy atom. The quantitative estimate of drug-likeness (QED) is 0.840. The molecule has 3 fully saturated rings. The summed E-state index contributed by atoms with van der Waals surface area (Å²) in [4.78, 5) is 12.3. The average molecular weight is 279 g/mol. The number of nitrogens with one attached hydrogen (secondary N) is 1. The Morgan fingerprint density at radius 2 is 1.95 bits per heavy atom. The fourth-order valence-corrected chi connectivity index (χ4v) is 4.30. The van der Waals surface area contributed by atoms with Crippen LogP contribution in [0.1, 0.15) is 70.6 Å². The fraction of sp³-hybridized carbons (Fsp3) is 0.941. The van der Waals surface area contributed by atoms with Crippen molar-refractivity contribution in [3.05, 3.63) is 0 Å². The molecule has 0 bridgehead atoms. The van der Waals surface area contributed by atoms with Crippen LogP contribution in [0.5, 0.6) is 0 Å². The van der Waals surface area contributed by atoms with Gasteiger partial charge in [0.1, 0.15) is 5.78 Å². The molecule has 20 heavy (non-hydrogen) atoms. The highest BCUT2D eigenvalue weighted by molar-refractivity contribution is 5.84. The normalized spacial score (nSPS) is 37.6. The second kappa shape index (κ2) is 7.04. The lowest BCUT2D eigenvalue weighted by atomic mass is 9.77. The van der Waals surface area contributed by atoms with Crippen molar-refractivity contribution in [2.24, 2.45) is 5.92 Å². The summed E-state index contributed by atoms with van der Waals surface area (Å²) in [5.41, 5.74) is 0. The molecule has 2 saturated heterocycles. The van der Waals surface area contributed by atoms with Crippen LogP contribution in [0.4, 0.5) is 0 Å². The molecule has 114 valence electrons. The van der Waals surface area contributed by atoms with Gasteiger partial charge in [-0.05, 0) is 57.3 Å². The Balaban J connectivity index is 1.38. The van der Waals surface area contributed by atoms with Crippen LogP contribution in [0.25, 0.3) is 0 Å². The molecule has 4 atom stereocenters. The van der Waals surface area contributed by atoms with Gasteiger partial charge in [0.15, 0.2) is 0 Å². The van der Waals surface area contributed by atoms with Gasteiger partial charge in [0.2, 0.25) is 0 Å². The van der Waals surface area contributed by atoms with Crippen molar-refractivity contribution in [2.75, 3.05) is 6.61 Å². The van der Waals surface area contributed by atoms with Gasteiger partial charge < -0.3 is 10.1 Å². The van der Waals surface area contributed by atoms with Crippen LogP contribution in [0.3, 0.4) is 0 Å². The summed E-state index contributed by atoms with van der Waals surface area (Å²) in [6.07, 6.45) is 13.4. The van der Waals surface area contributed by atoms with E-state index < -0.39 is 0 Å². The lowest BCUT2D eigenvalue weighted by Gasteiger charge is -2.40. The highest BCUT2D eigenvalue weighted by Gasteiger charge is 2.34. The molecule has 0 aromatic carbocycles. The third-order valence-corrected chi connectivity index (χ3v) is 5.51. The summed E-state index contributed by atoms with van der Waals surface area (Å²) < 4.78 is 5.62. The standard InChI is InChI=1S/C17H29NO2/c19-17(9-3-6-14-7-4-12-20-14)16-11-10-13-5-1-2-8-15(13)18-16/h13-16,18H,1-12H2. The van der Waals surface area contributed by atoms with Crippen LogP contribution < -0.4 is 5.32 Å². The molecule has 0 amide bonds. The minimum atomic E-state index is 0.152. The zero-order valence-electron chi connectivity index (χ0n) is 12.6. The minimum absolute atomic E-state index is 0.152. The third kappa shape index (κ3) is 3.62. The monoisotopic (exact) mass is 279 g/mol. The Kier molecular flexibility index (Phi) is 5.11. The van der Waals surface area contributed by atoms with Crippen LogP contribution >= 0.6 is 0 Å². The van der Waals surface area contributed by atoms with Gasteiger partial charge in [0.05, 0.1) is 12.1 Å². The van der Waals surface area contributed by atoms with E-state index in [2.05, 4.69) is 5.32 Å². The second-order valence-corrected chi connectivity index (χ2v) is 6.94. The first-order chi connectivity index (χ1) is 9.83. The molecule has 0 aromatic heterocycles. The summed E-state index contributed by atoms with van der Waals surface area (Å²) in [5, 5.41) is 3.65. The van der Waals surface area contributed by atoms with E-state index in [0.717, 1.165) is 38.2 Å². The zero-order chi connectivity index (χ0) is 13.8. The Labute approximate surface area is 122 Å². The zero-order valence-corrected chi connectivity index (χ0v) is 12.6. The maximum atomic E-state index is 12.3. The molecule has 1 aliphatic carbocycles. The largest absolute Gasteiger partial charge is 0.378 e. The molecular weight excluding hydrogens is 250 g/mol. The fourth-order valence-electron chi connectivity index (χ4n) is 4.30. The summed E-state index contributed by atoms with van der Waals surface area (Å²) in [6.45, 7) is 0.922. The maximum Gasteiger partial charge on any atom is 0.149 e. The smallest absolute Gasteiger partial charge is 0.149 e. The third-order valence-electron chi connectivity index (χ3n) is 5.51. The number of Topliss-reactive ketones (excluding diaryl/α,β-unsaturated/α-hetero) is 1. The summed E-state index contributed by atoms with van der Waals surface area (Å²) in [5.74, 6) is 1.30. The number of fused-ring (bicyclic) bond motifs is 1. The first-order valence-electron chi connectivity index (χ1n) is 8.73. The van der Waals surface area contributed by atoms with Gasteiger partial charge >= 0.3 is 0 Å². The SMILES string of the molecule is O=C(CCCC1CCCO1)C1CCC2CCCCC2N1. The number of hydrogen-bond donors (Lipinski definition) is 1. The molecule has 1 saturated carbocycles. The van der Waals surface area contributed by atoms with Gasteiger partial charge in [-0.15, -0.1) is 0 Å². The van der Waals surface area contributed by atoms with Crippen molar-refractivity contribution in [1.29, 1.82) is 0 Å². The minimum Gasteiger partial charge on any atom is -0.378 e. The van der Waals surface area contributed by atoms with E-state index >= 15 is 0 Å². The number of rotatable bonds is 5. The van der Waals surface area contributed by atoms with E-state index in [-0.39, 0.29) is 6.04 Å². The predicted molar refractivity (Wildman–Crippen MR) is 79.7 cm³/mol. The first-order valence-corrected chi connectivity index (χ1v) is 8.73. The van der Waals surface area contributed by atoms with Crippen LogP contribution in [-0.2, 0) is 9.53 Å². The topological polar surface area (TPSA) is 38.3 Å². The van der Waals surface area contributed by atoms with Crippen molar-refractivity contribution in [2.45, 2.75) is 88.8 Å². The van der Waals surface area contributed by atoms with Gasteiger partial charge in [-0.1, -0.05) is 12.8 Å². The van der Waals surface area contributed by atoms with E-state index in [1.807, 2.05) is 0 Å². The van der Waals surface area contributed by atoms with Gasteiger partial charge in [-0.25, -0.2) is 0 Å². The van der Waals surface area contributed by atoms with E-state index in [0.29, 0.717) is 17.9 Å². The molecule has 3 aliphatic rings. The van der Waals surface area contributed by atoms with E-state index in [9.17, 15) is 4.79 Å². The highest BCUT2D eigenvalue weighted by atomic mass is 16.5. The molecule has 0 spiro atoms. The van der Waals surface area contributed by atoms with E-state index in [1.54, 1.807) is 0 Å². The number of ketones is 1. The van der Waals surface area contributed by atoms with Crippen LogP contribution in [-0.4, -0.2) is 30.6 Å². The average Bonchev–Trinajstić information content (AvgIpc) is 3.00. The molecule has 2 heterocycles. The molecule has 2 aliphatic heterocycles. The second-order valence-electron chi connectivity index (χ2n) is 6.94. The Bertz CT molecular complexity index is 325. The highest BCUT2D eigenvalue weighted by Crippen LogP contribution is 2.32. The van der Waals surface area contributed by atoms with E-state index in [1.165, 1.54) is 44.9 Å².